The van der Waals surface area contributed by atoms with E-state index in [1.54, 1.807) is 16.4 Å². The maximum absolute atomic E-state index is 12.6. The van der Waals surface area contributed by atoms with Crippen LogP contribution < -0.4 is 11.1 Å². The Kier molecular flexibility index (Phi) is 10.1. The van der Waals surface area contributed by atoms with Crippen molar-refractivity contribution < 1.29 is 13.2 Å². The Labute approximate surface area is 167 Å². The molecular formula is C17H30ClN3O3S2. The lowest BCUT2D eigenvalue weighted by molar-refractivity contribution is -0.121. The quantitative estimate of drug-likeness (QED) is 0.638. The van der Waals surface area contributed by atoms with Gasteiger partial charge in [0.2, 0.25) is 5.91 Å². The SMILES string of the molecule is CCCCC(CN)NC(=O)Cc1ccc(S(=O)(=O)N2CCCCC2)s1.Cl. The fourth-order valence-electron chi connectivity index (χ4n) is 2.96. The van der Waals surface area contributed by atoms with Crippen molar-refractivity contribution in [3.63, 3.8) is 0 Å². The van der Waals surface area contributed by atoms with Crippen molar-refractivity contribution in [1.82, 2.24) is 9.62 Å². The van der Waals surface area contributed by atoms with Crippen LogP contribution in [-0.2, 0) is 21.2 Å². The van der Waals surface area contributed by atoms with Gasteiger partial charge < -0.3 is 11.1 Å². The number of carbonyl (C=O) groups excluding carboxylic acids is 1. The van der Waals surface area contributed by atoms with Crippen molar-refractivity contribution >= 4 is 39.7 Å². The zero-order chi connectivity index (χ0) is 18.3. The lowest BCUT2D eigenvalue weighted by Crippen LogP contribution is -2.40. The Balaban J connectivity index is 0.00000338. The second kappa shape index (κ2) is 11.2. The van der Waals surface area contributed by atoms with E-state index < -0.39 is 10.0 Å². The molecule has 0 spiro atoms. The van der Waals surface area contributed by atoms with Crippen LogP contribution in [0.25, 0.3) is 0 Å². The molecule has 1 aliphatic heterocycles. The summed E-state index contributed by atoms with van der Waals surface area (Å²) in [4.78, 5) is 12.9. The summed E-state index contributed by atoms with van der Waals surface area (Å²) in [6.07, 6.45) is 6.08. The van der Waals surface area contributed by atoms with Gasteiger partial charge in [-0.3, -0.25) is 4.79 Å². The molecule has 0 aliphatic carbocycles. The Hall–Kier alpha value is -0.670. The van der Waals surface area contributed by atoms with Crippen molar-refractivity contribution in [2.24, 2.45) is 5.73 Å². The summed E-state index contributed by atoms with van der Waals surface area (Å²) in [5.41, 5.74) is 5.70. The van der Waals surface area contributed by atoms with Crippen LogP contribution in [0.2, 0.25) is 0 Å². The lowest BCUT2D eigenvalue weighted by atomic mass is 10.1. The first-order chi connectivity index (χ1) is 12.0. The molecule has 0 aromatic carbocycles. The smallest absolute Gasteiger partial charge is 0.252 e. The number of piperidine rings is 1. The van der Waals surface area contributed by atoms with Gasteiger partial charge in [0.25, 0.3) is 10.0 Å². The molecule has 0 radical (unpaired) electrons. The summed E-state index contributed by atoms with van der Waals surface area (Å²) in [5.74, 6) is -0.102. The van der Waals surface area contributed by atoms with Crippen LogP contribution in [0.1, 0.15) is 50.3 Å². The van der Waals surface area contributed by atoms with E-state index in [4.69, 9.17) is 5.73 Å². The van der Waals surface area contributed by atoms with E-state index in [9.17, 15) is 13.2 Å². The minimum absolute atomic E-state index is 0. The van der Waals surface area contributed by atoms with Gasteiger partial charge >= 0.3 is 0 Å². The Morgan fingerprint density at radius 1 is 1.31 bits per heavy atom. The number of nitrogens with zero attached hydrogens (tertiary/aromatic N) is 1. The third kappa shape index (κ3) is 6.49. The molecule has 1 amide bonds. The van der Waals surface area contributed by atoms with Crippen molar-refractivity contribution in [2.45, 2.75) is 62.1 Å². The Bertz CT molecular complexity index is 658. The van der Waals surface area contributed by atoms with Crippen LogP contribution in [0, 0.1) is 0 Å². The number of nitrogens with one attached hydrogen (secondary N) is 1. The van der Waals surface area contributed by atoms with Crippen LogP contribution in [0.4, 0.5) is 0 Å². The molecule has 150 valence electrons. The molecule has 3 N–H and O–H groups in total. The number of hydrogen-bond donors (Lipinski definition) is 2. The summed E-state index contributed by atoms with van der Waals surface area (Å²) in [5, 5.41) is 2.94. The molecule has 1 atom stereocenters. The van der Waals surface area contributed by atoms with Gasteiger partial charge in [0.05, 0.1) is 6.42 Å². The average Bonchev–Trinajstić information content (AvgIpc) is 3.08. The second-order valence-electron chi connectivity index (χ2n) is 6.50. The minimum Gasteiger partial charge on any atom is -0.352 e. The van der Waals surface area contributed by atoms with Gasteiger partial charge in [0.15, 0.2) is 0 Å². The number of sulfonamides is 1. The van der Waals surface area contributed by atoms with E-state index in [1.165, 1.54) is 11.3 Å². The molecule has 2 heterocycles. The summed E-state index contributed by atoms with van der Waals surface area (Å²) in [7, 11) is -3.42. The van der Waals surface area contributed by atoms with Crippen LogP contribution in [0.15, 0.2) is 16.3 Å². The van der Waals surface area contributed by atoms with Crippen molar-refractivity contribution in [3.05, 3.63) is 17.0 Å². The summed E-state index contributed by atoms with van der Waals surface area (Å²) in [6, 6.07) is 3.35. The molecule has 2 rings (SSSR count). The normalized spacial score (nSPS) is 16.7. The molecular weight excluding hydrogens is 394 g/mol. The highest BCUT2D eigenvalue weighted by atomic mass is 35.5. The highest BCUT2D eigenvalue weighted by Gasteiger charge is 2.27. The monoisotopic (exact) mass is 423 g/mol. The van der Waals surface area contributed by atoms with E-state index in [-0.39, 0.29) is 30.8 Å². The minimum atomic E-state index is -3.42. The molecule has 1 saturated heterocycles. The number of thiophene rings is 1. The Morgan fingerprint density at radius 2 is 2.00 bits per heavy atom. The van der Waals surface area contributed by atoms with Gasteiger partial charge in [-0.1, -0.05) is 26.2 Å². The zero-order valence-electron chi connectivity index (χ0n) is 15.3. The van der Waals surface area contributed by atoms with Gasteiger partial charge in [-0.2, -0.15) is 4.31 Å². The van der Waals surface area contributed by atoms with Gasteiger partial charge in [-0.05, 0) is 31.4 Å². The van der Waals surface area contributed by atoms with Crippen LogP contribution >= 0.6 is 23.7 Å². The van der Waals surface area contributed by atoms with Gasteiger partial charge in [-0.25, -0.2) is 8.42 Å². The standard InChI is InChI=1S/C17H29N3O3S2.ClH/c1-2-3-7-14(13-18)19-16(21)12-15-8-9-17(24-15)25(22,23)20-10-5-4-6-11-20;/h8-9,14H,2-7,10-13,18H2,1H3,(H,19,21);1H. The average molecular weight is 424 g/mol. The number of amides is 1. The van der Waals surface area contributed by atoms with E-state index in [0.717, 1.165) is 43.4 Å². The number of rotatable bonds is 9. The predicted octanol–water partition coefficient (Wildman–Crippen LogP) is 2.52. The molecule has 9 heteroatoms. The number of hydrogen-bond acceptors (Lipinski definition) is 5. The molecule has 6 nitrogen and oxygen atoms in total. The number of halogens is 1. The number of nitrogens with two attached hydrogens (primary N) is 1. The first-order valence-corrected chi connectivity index (χ1v) is 11.3. The summed E-state index contributed by atoms with van der Waals surface area (Å²) >= 11 is 1.19. The fourth-order valence-corrected chi connectivity index (χ4v) is 5.99. The summed E-state index contributed by atoms with van der Waals surface area (Å²) in [6.45, 7) is 3.70. The van der Waals surface area contributed by atoms with Gasteiger partial charge in [0.1, 0.15) is 4.21 Å². The van der Waals surface area contributed by atoms with Crippen molar-refractivity contribution in [3.8, 4) is 0 Å². The fraction of sp³-hybridized carbons (Fsp3) is 0.706. The topological polar surface area (TPSA) is 92.5 Å². The molecule has 26 heavy (non-hydrogen) atoms. The third-order valence-electron chi connectivity index (χ3n) is 4.44. The largest absolute Gasteiger partial charge is 0.352 e. The molecule has 1 unspecified atom stereocenters. The predicted molar refractivity (Wildman–Crippen MR) is 108 cm³/mol. The van der Waals surface area contributed by atoms with E-state index in [0.29, 0.717) is 23.8 Å². The zero-order valence-corrected chi connectivity index (χ0v) is 17.7. The van der Waals surface area contributed by atoms with Crippen molar-refractivity contribution in [1.29, 1.82) is 0 Å². The van der Waals surface area contributed by atoms with E-state index >= 15 is 0 Å². The molecule has 0 bridgehead atoms. The third-order valence-corrected chi connectivity index (χ3v) is 7.89. The van der Waals surface area contributed by atoms with Gasteiger partial charge in [0, 0.05) is 30.6 Å². The first kappa shape index (κ1) is 23.4. The molecule has 1 aromatic rings. The van der Waals surface area contributed by atoms with Crippen molar-refractivity contribution in [2.75, 3.05) is 19.6 Å². The lowest BCUT2D eigenvalue weighted by Gasteiger charge is -2.25. The van der Waals surface area contributed by atoms with Crippen LogP contribution in [-0.4, -0.2) is 44.3 Å². The van der Waals surface area contributed by atoms with E-state index in [1.807, 2.05) is 0 Å². The number of unbranched alkanes of at least 4 members (excludes halogenated alkanes) is 1. The van der Waals surface area contributed by atoms with Crippen LogP contribution in [0.3, 0.4) is 0 Å². The molecule has 1 fully saturated rings. The number of carbonyl (C=O) groups is 1. The van der Waals surface area contributed by atoms with Gasteiger partial charge in [-0.15, -0.1) is 23.7 Å². The maximum Gasteiger partial charge on any atom is 0.252 e. The maximum atomic E-state index is 12.6. The molecule has 1 aromatic heterocycles. The molecule has 1 aliphatic rings. The van der Waals surface area contributed by atoms with Crippen LogP contribution in [0.5, 0.6) is 0 Å². The second-order valence-corrected chi connectivity index (χ2v) is 9.84. The first-order valence-electron chi connectivity index (χ1n) is 9.05. The highest BCUT2D eigenvalue weighted by molar-refractivity contribution is 7.91. The highest BCUT2D eigenvalue weighted by Crippen LogP contribution is 2.27. The Morgan fingerprint density at radius 3 is 2.62 bits per heavy atom. The molecule has 0 saturated carbocycles. The van der Waals surface area contributed by atoms with E-state index in [2.05, 4.69) is 12.2 Å². The summed E-state index contributed by atoms with van der Waals surface area (Å²) < 4.78 is 27.2.